The van der Waals surface area contributed by atoms with Crippen LogP contribution in [0.3, 0.4) is 0 Å². The summed E-state index contributed by atoms with van der Waals surface area (Å²) in [6.07, 6.45) is 1.52. The molecule has 2 heterocycles. The molecule has 22 heavy (non-hydrogen) atoms. The van der Waals surface area contributed by atoms with Gasteiger partial charge < -0.3 is 19.6 Å². The van der Waals surface area contributed by atoms with E-state index in [0.717, 1.165) is 5.56 Å². The van der Waals surface area contributed by atoms with Gasteiger partial charge in [0.2, 0.25) is 0 Å². The van der Waals surface area contributed by atoms with Crippen molar-refractivity contribution in [1.29, 1.82) is 0 Å². The highest BCUT2D eigenvalue weighted by molar-refractivity contribution is 6.32. The second-order valence-electron chi connectivity index (χ2n) is 4.52. The number of methoxy groups -OCH3 is 1. The predicted octanol–water partition coefficient (Wildman–Crippen LogP) is 2.66. The van der Waals surface area contributed by atoms with Gasteiger partial charge in [-0.25, -0.2) is 9.97 Å². The van der Waals surface area contributed by atoms with E-state index in [0.29, 0.717) is 33.5 Å². The molecule has 7 heteroatoms. The Morgan fingerprint density at radius 1 is 1.27 bits per heavy atom. The van der Waals surface area contributed by atoms with Crippen molar-refractivity contribution in [3.63, 3.8) is 0 Å². The molecular formula is C15H14ClN3O3. The number of benzene rings is 1. The maximum Gasteiger partial charge on any atom is 0.168 e. The number of ether oxygens (including phenoxy) is 2. The molecule has 0 saturated heterocycles. The first-order valence-corrected chi connectivity index (χ1v) is 7.03. The highest BCUT2D eigenvalue weighted by Gasteiger charge is 2.13. The van der Waals surface area contributed by atoms with Gasteiger partial charge in [0, 0.05) is 5.56 Å². The fourth-order valence-corrected chi connectivity index (χ4v) is 2.33. The summed E-state index contributed by atoms with van der Waals surface area (Å²) in [4.78, 5) is 11.8. The van der Waals surface area contributed by atoms with Crippen molar-refractivity contribution in [3.05, 3.63) is 35.5 Å². The zero-order valence-electron chi connectivity index (χ0n) is 11.8. The van der Waals surface area contributed by atoms with Gasteiger partial charge in [0.15, 0.2) is 16.9 Å². The molecule has 6 nitrogen and oxygen atoms in total. The number of H-pyrrole nitrogens is 1. The van der Waals surface area contributed by atoms with E-state index in [1.165, 1.54) is 6.20 Å². The molecule has 0 radical (unpaired) electrons. The lowest BCUT2D eigenvalue weighted by Gasteiger charge is -2.04. The minimum Gasteiger partial charge on any atom is -0.493 e. The predicted molar refractivity (Wildman–Crippen MR) is 83.5 cm³/mol. The van der Waals surface area contributed by atoms with Gasteiger partial charge in [-0.2, -0.15) is 0 Å². The van der Waals surface area contributed by atoms with Crippen LogP contribution in [0.2, 0.25) is 5.02 Å². The van der Waals surface area contributed by atoms with E-state index in [1.54, 1.807) is 7.11 Å². The normalized spacial score (nSPS) is 10.9. The fraction of sp³-hybridized carbons (Fsp3) is 0.200. The minimum atomic E-state index is -0.0163. The SMILES string of the molecule is COc1c(Cl)cnc2[nH]c(-c3ccc(OCCO)cc3)nc12. The van der Waals surface area contributed by atoms with E-state index in [9.17, 15) is 0 Å². The Bertz CT molecular complexity index is 787. The number of pyridine rings is 1. The lowest BCUT2D eigenvalue weighted by atomic mass is 10.2. The van der Waals surface area contributed by atoms with Gasteiger partial charge in [0.05, 0.1) is 19.9 Å². The Hall–Kier alpha value is -2.31. The molecule has 0 bridgehead atoms. The smallest absolute Gasteiger partial charge is 0.168 e. The molecule has 3 aromatic rings. The summed E-state index contributed by atoms with van der Waals surface area (Å²) in [5.74, 6) is 1.85. The molecule has 0 unspecified atom stereocenters. The van der Waals surface area contributed by atoms with Crippen molar-refractivity contribution < 1.29 is 14.6 Å². The topological polar surface area (TPSA) is 80.3 Å². The molecule has 0 aliphatic rings. The van der Waals surface area contributed by atoms with Gasteiger partial charge in [0.1, 0.15) is 23.2 Å². The first-order valence-electron chi connectivity index (χ1n) is 6.65. The summed E-state index contributed by atoms with van der Waals surface area (Å²) in [5.41, 5.74) is 2.08. The average Bonchev–Trinajstić information content (AvgIpc) is 2.97. The van der Waals surface area contributed by atoms with E-state index in [4.69, 9.17) is 26.2 Å². The number of aromatic nitrogens is 3. The number of aliphatic hydroxyl groups excluding tert-OH is 1. The minimum absolute atomic E-state index is 0.0163. The molecule has 0 saturated carbocycles. The molecule has 0 fully saturated rings. The van der Waals surface area contributed by atoms with E-state index in [1.807, 2.05) is 24.3 Å². The summed E-state index contributed by atoms with van der Waals surface area (Å²) in [5, 5.41) is 9.16. The van der Waals surface area contributed by atoms with E-state index in [-0.39, 0.29) is 13.2 Å². The van der Waals surface area contributed by atoms with Crippen molar-refractivity contribution in [2.75, 3.05) is 20.3 Å². The van der Waals surface area contributed by atoms with Crippen LogP contribution in [0.5, 0.6) is 11.5 Å². The highest BCUT2D eigenvalue weighted by Crippen LogP contribution is 2.32. The lowest BCUT2D eigenvalue weighted by molar-refractivity contribution is 0.201. The molecule has 3 rings (SSSR count). The fourth-order valence-electron chi connectivity index (χ4n) is 2.11. The van der Waals surface area contributed by atoms with Gasteiger partial charge in [-0.1, -0.05) is 11.6 Å². The van der Waals surface area contributed by atoms with Crippen molar-refractivity contribution in [2.45, 2.75) is 0 Å². The number of nitrogens with one attached hydrogen (secondary N) is 1. The lowest BCUT2D eigenvalue weighted by Crippen LogP contribution is -2.01. The third kappa shape index (κ3) is 2.70. The highest BCUT2D eigenvalue weighted by atomic mass is 35.5. The quantitative estimate of drug-likeness (QED) is 0.755. The van der Waals surface area contributed by atoms with Gasteiger partial charge >= 0.3 is 0 Å². The zero-order chi connectivity index (χ0) is 15.5. The standard InChI is InChI=1S/C15H14ClN3O3/c1-21-13-11(16)8-17-15-12(13)18-14(19-15)9-2-4-10(5-3-9)22-7-6-20/h2-5,8,20H,6-7H2,1H3,(H,17,18,19). The molecule has 0 atom stereocenters. The number of fused-ring (bicyclic) bond motifs is 1. The average molecular weight is 320 g/mol. The first-order chi connectivity index (χ1) is 10.7. The molecule has 0 spiro atoms. The van der Waals surface area contributed by atoms with Crippen molar-refractivity contribution in [2.24, 2.45) is 0 Å². The van der Waals surface area contributed by atoms with Gasteiger partial charge in [-0.3, -0.25) is 0 Å². The van der Waals surface area contributed by atoms with Crippen LogP contribution in [0, 0.1) is 0 Å². The van der Waals surface area contributed by atoms with Crippen LogP contribution >= 0.6 is 11.6 Å². The molecule has 2 N–H and O–H groups in total. The Balaban J connectivity index is 1.96. The second-order valence-corrected chi connectivity index (χ2v) is 4.93. The van der Waals surface area contributed by atoms with Crippen molar-refractivity contribution >= 4 is 22.8 Å². The zero-order valence-corrected chi connectivity index (χ0v) is 12.6. The van der Waals surface area contributed by atoms with Crippen LogP contribution in [-0.4, -0.2) is 40.4 Å². The third-order valence-corrected chi connectivity index (χ3v) is 3.38. The molecule has 0 aliphatic heterocycles. The number of halogens is 1. The van der Waals surface area contributed by atoms with Gasteiger partial charge in [0.25, 0.3) is 0 Å². The summed E-state index contributed by atoms with van der Waals surface area (Å²) in [6.45, 7) is 0.251. The maximum absolute atomic E-state index is 8.74. The van der Waals surface area contributed by atoms with Crippen molar-refractivity contribution in [1.82, 2.24) is 15.0 Å². The number of aromatic amines is 1. The van der Waals surface area contributed by atoms with Crippen LogP contribution in [0.4, 0.5) is 0 Å². The Kier molecular flexibility index (Phi) is 4.13. The number of imidazole rings is 1. The number of rotatable bonds is 5. The number of nitrogens with zero attached hydrogens (tertiary/aromatic N) is 2. The van der Waals surface area contributed by atoms with Crippen LogP contribution in [0.25, 0.3) is 22.6 Å². The van der Waals surface area contributed by atoms with E-state index in [2.05, 4.69) is 15.0 Å². The van der Waals surface area contributed by atoms with Gasteiger partial charge in [-0.15, -0.1) is 0 Å². The summed E-state index contributed by atoms with van der Waals surface area (Å²) >= 11 is 6.05. The van der Waals surface area contributed by atoms with Crippen LogP contribution < -0.4 is 9.47 Å². The van der Waals surface area contributed by atoms with Gasteiger partial charge in [-0.05, 0) is 24.3 Å². The van der Waals surface area contributed by atoms with E-state index >= 15 is 0 Å². The number of aliphatic hydroxyl groups is 1. The maximum atomic E-state index is 8.74. The summed E-state index contributed by atoms with van der Waals surface area (Å²) < 4.78 is 10.6. The number of hydrogen-bond acceptors (Lipinski definition) is 5. The molecule has 1 aromatic carbocycles. The Morgan fingerprint density at radius 2 is 2.05 bits per heavy atom. The first kappa shape index (κ1) is 14.6. The largest absolute Gasteiger partial charge is 0.493 e. The molecule has 2 aromatic heterocycles. The van der Waals surface area contributed by atoms with Crippen LogP contribution in [0.1, 0.15) is 0 Å². The monoisotopic (exact) mass is 319 g/mol. The number of hydrogen-bond donors (Lipinski definition) is 2. The van der Waals surface area contributed by atoms with Crippen LogP contribution in [0.15, 0.2) is 30.5 Å². The molecule has 114 valence electrons. The Labute approximate surface area is 131 Å². The van der Waals surface area contributed by atoms with Crippen LogP contribution in [-0.2, 0) is 0 Å². The summed E-state index contributed by atoms with van der Waals surface area (Å²) in [6, 6.07) is 7.38. The van der Waals surface area contributed by atoms with E-state index < -0.39 is 0 Å². The molecule has 0 aliphatic carbocycles. The third-order valence-electron chi connectivity index (χ3n) is 3.12. The van der Waals surface area contributed by atoms with Crippen molar-refractivity contribution in [3.8, 4) is 22.9 Å². The summed E-state index contributed by atoms with van der Waals surface area (Å²) in [7, 11) is 1.54. The Morgan fingerprint density at radius 3 is 2.73 bits per heavy atom. The molecular weight excluding hydrogens is 306 g/mol. The molecule has 0 amide bonds. The second kappa shape index (κ2) is 6.21.